The second kappa shape index (κ2) is 5.44. The van der Waals surface area contributed by atoms with Crippen molar-refractivity contribution in [1.29, 1.82) is 5.26 Å². The van der Waals surface area contributed by atoms with Crippen molar-refractivity contribution in [3.8, 4) is 6.07 Å². The van der Waals surface area contributed by atoms with Gasteiger partial charge < -0.3 is 9.88 Å². The minimum absolute atomic E-state index is 0.0898. The van der Waals surface area contributed by atoms with Gasteiger partial charge in [0.2, 0.25) is 0 Å². The quantitative estimate of drug-likeness (QED) is 0.649. The van der Waals surface area contributed by atoms with Crippen LogP contribution in [-0.4, -0.2) is 47.5 Å². The van der Waals surface area contributed by atoms with Crippen molar-refractivity contribution in [2.75, 3.05) is 19.6 Å². The van der Waals surface area contributed by atoms with E-state index in [9.17, 15) is 18.0 Å². The van der Waals surface area contributed by atoms with E-state index in [2.05, 4.69) is 5.32 Å². The molecule has 1 N–H and O–H groups in total. The largest absolute Gasteiger partial charge is 0.330 e. The summed E-state index contributed by atoms with van der Waals surface area (Å²) in [6.45, 7) is 0.678. The van der Waals surface area contributed by atoms with E-state index in [1.54, 1.807) is 0 Å². The van der Waals surface area contributed by atoms with E-state index in [0.717, 1.165) is 19.6 Å². The van der Waals surface area contributed by atoms with Crippen molar-refractivity contribution in [2.24, 2.45) is 14.1 Å². The summed E-state index contributed by atoms with van der Waals surface area (Å²) in [6.07, 6.45) is 0.996. The number of aromatic nitrogens is 2. The molecule has 2 rings (SSSR count). The third kappa shape index (κ3) is 2.51. The van der Waals surface area contributed by atoms with E-state index in [0.29, 0.717) is 6.54 Å². The average molecular weight is 313 g/mol. The van der Waals surface area contributed by atoms with Gasteiger partial charge in [0, 0.05) is 39.9 Å². The smallest absolute Gasteiger partial charge is 0.313 e. The normalized spacial score (nSPS) is 20.1. The lowest BCUT2D eigenvalue weighted by Gasteiger charge is -2.30. The first-order valence-electron chi connectivity index (χ1n) is 6.19. The van der Waals surface area contributed by atoms with Crippen molar-refractivity contribution < 1.29 is 8.42 Å². The number of hydrogen-bond donors (Lipinski definition) is 1. The van der Waals surface area contributed by atoms with Crippen LogP contribution in [0.2, 0.25) is 0 Å². The van der Waals surface area contributed by atoms with Gasteiger partial charge in [0.05, 0.1) is 6.07 Å². The van der Waals surface area contributed by atoms with Crippen LogP contribution in [0.15, 0.2) is 20.7 Å². The van der Waals surface area contributed by atoms with Crippen LogP contribution in [0.5, 0.6) is 0 Å². The third-order valence-electron chi connectivity index (χ3n) is 3.34. The molecule has 0 amide bonds. The van der Waals surface area contributed by atoms with Crippen molar-refractivity contribution in [3.63, 3.8) is 0 Å². The molecule has 1 aliphatic heterocycles. The van der Waals surface area contributed by atoms with Crippen LogP contribution in [0.1, 0.15) is 0 Å². The van der Waals surface area contributed by atoms with Crippen LogP contribution in [0.4, 0.5) is 0 Å². The van der Waals surface area contributed by atoms with E-state index in [4.69, 9.17) is 5.26 Å². The Balaban J connectivity index is 2.63. The van der Waals surface area contributed by atoms with Gasteiger partial charge in [-0.1, -0.05) is 0 Å². The van der Waals surface area contributed by atoms with Crippen molar-refractivity contribution in [2.45, 2.75) is 10.9 Å². The number of hydrogen-bond acceptors (Lipinski definition) is 6. The van der Waals surface area contributed by atoms with Crippen LogP contribution in [0.25, 0.3) is 0 Å². The predicted octanol–water partition coefficient (Wildman–Crippen LogP) is -2.43. The molecule has 0 aliphatic carbocycles. The van der Waals surface area contributed by atoms with E-state index in [-0.39, 0.29) is 13.1 Å². The average Bonchev–Trinajstić information content (AvgIpc) is 2.48. The molecule has 1 fully saturated rings. The Hall–Kier alpha value is -1.96. The van der Waals surface area contributed by atoms with Gasteiger partial charge >= 0.3 is 5.69 Å². The molecule has 1 unspecified atom stereocenters. The summed E-state index contributed by atoms with van der Waals surface area (Å²) < 4.78 is 28.0. The molecule has 9 nitrogen and oxygen atoms in total. The highest BCUT2D eigenvalue weighted by Gasteiger charge is 2.35. The summed E-state index contributed by atoms with van der Waals surface area (Å²) in [5.74, 6) is 0. The standard InChI is InChI=1S/C11H15N5O4S/c1-14-7-9(10(17)15(2)11(14)18)21(19,20)16-4-3-13-6-8(16)5-12/h7-8,13H,3-4,6H2,1-2H3. The Labute approximate surface area is 121 Å². The Morgan fingerprint density at radius 3 is 2.67 bits per heavy atom. The molecule has 21 heavy (non-hydrogen) atoms. The van der Waals surface area contributed by atoms with Gasteiger partial charge in [0.25, 0.3) is 15.6 Å². The molecule has 0 radical (unpaired) electrons. The summed E-state index contributed by atoms with van der Waals surface area (Å²) in [6, 6.07) is 1.01. The Kier molecular flexibility index (Phi) is 3.99. The summed E-state index contributed by atoms with van der Waals surface area (Å²) >= 11 is 0. The van der Waals surface area contributed by atoms with Crippen LogP contribution in [0.3, 0.4) is 0 Å². The van der Waals surface area contributed by atoms with E-state index >= 15 is 0 Å². The zero-order valence-electron chi connectivity index (χ0n) is 11.6. The van der Waals surface area contributed by atoms with E-state index in [1.807, 2.05) is 6.07 Å². The van der Waals surface area contributed by atoms with Crippen LogP contribution in [0, 0.1) is 11.3 Å². The molecule has 0 saturated carbocycles. The summed E-state index contributed by atoms with van der Waals surface area (Å²) in [5, 5.41) is 12.0. The Morgan fingerprint density at radius 1 is 1.38 bits per heavy atom. The summed E-state index contributed by atoms with van der Waals surface area (Å²) in [4.78, 5) is 23.2. The molecule has 0 spiro atoms. The van der Waals surface area contributed by atoms with Gasteiger partial charge in [-0.05, 0) is 0 Å². The fourth-order valence-corrected chi connectivity index (χ4v) is 3.85. The summed E-state index contributed by atoms with van der Waals surface area (Å²) in [5.41, 5.74) is -1.51. The molecular formula is C11H15N5O4S. The first kappa shape index (κ1) is 15.4. The lowest BCUT2D eigenvalue weighted by molar-refractivity contribution is 0.311. The van der Waals surface area contributed by atoms with Gasteiger partial charge in [0.15, 0.2) is 4.90 Å². The third-order valence-corrected chi connectivity index (χ3v) is 5.24. The highest BCUT2D eigenvalue weighted by Crippen LogP contribution is 2.15. The molecule has 1 aromatic rings. The first-order valence-corrected chi connectivity index (χ1v) is 7.63. The van der Waals surface area contributed by atoms with Gasteiger partial charge in [-0.15, -0.1) is 0 Å². The lowest BCUT2D eigenvalue weighted by atomic mass is 10.3. The summed E-state index contributed by atoms with van der Waals surface area (Å²) in [7, 11) is -1.56. The first-order chi connectivity index (χ1) is 9.80. The molecule has 0 bridgehead atoms. The molecule has 10 heteroatoms. The number of rotatable bonds is 2. The van der Waals surface area contributed by atoms with Crippen LogP contribution in [-0.2, 0) is 24.1 Å². The molecule has 0 aromatic carbocycles. The number of sulfonamides is 1. The molecule has 114 valence electrons. The number of piperazine rings is 1. The van der Waals surface area contributed by atoms with Crippen molar-refractivity contribution in [1.82, 2.24) is 18.8 Å². The Morgan fingerprint density at radius 2 is 2.05 bits per heavy atom. The zero-order chi connectivity index (χ0) is 15.8. The van der Waals surface area contributed by atoms with Gasteiger partial charge in [-0.25, -0.2) is 13.2 Å². The highest BCUT2D eigenvalue weighted by molar-refractivity contribution is 7.89. The maximum absolute atomic E-state index is 12.6. The molecular weight excluding hydrogens is 298 g/mol. The van der Waals surface area contributed by atoms with Crippen molar-refractivity contribution in [3.05, 3.63) is 27.0 Å². The van der Waals surface area contributed by atoms with Gasteiger partial charge in [-0.3, -0.25) is 9.36 Å². The maximum atomic E-state index is 12.6. The topological polar surface area (TPSA) is 117 Å². The van der Waals surface area contributed by atoms with Gasteiger partial charge in [-0.2, -0.15) is 9.57 Å². The minimum Gasteiger partial charge on any atom is -0.313 e. The van der Waals surface area contributed by atoms with Gasteiger partial charge in [0.1, 0.15) is 6.04 Å². The second-order valence-corrected chi connectivity index (χ2v) is 6.57. The van der Waals surface area contributed by atoms with E-state index in [1.165, 1.54) is 14.1 Å². The zero-order valence-corrected chi connectivity index (χ0v) is 12.4. The van der Waals surface area contributed by atoms with Crippen LogP contribution < -0.4 is 16.6 Å². The lowest BCUT2D eigenvalue weighted by Crippen LogP contribution is -2.54. The Bertz CT molecular complexity index is 816. The minimum atomic E-state index is -4.14. The second-order valence-electron chi connectivity index (χ2n) is 4.72. The number of nitrogens with zero attached hydrogens (tertiary/aromatic N) is 4. The molecule has 1 aliphatic rings. The predicted molar refractivity (Wildman–Crippen MR) is 73.1 cm³/mol. The fraction of sp³-hybridized carbons (Fsp3) is 0.545. The highest BCUT2D eigenvalue weighted by atomic mass is 32.2. The monoisotopic (exact) mass is 313 g/mol. The van der Waals surface area contributed by atoms with E-state index < -0.39 is 32.2 Å². The number of nitrogens with one attached hydrogen (secondary N) is 1. The molecule has 1 saturated heterocycles. The number of aryl methyl sites for hydroxylation is 1. The maximum Gasteiger partial charge on any atom is 0.330 e. The number of nitriles is 1. The fourth-order valence-electron chi connectivity index (χ4n) is 2.16. The SMILES string of the molecule is Cn1cc(S(=O)(=O)N2CCNCC2C#N)c(=O)n(C)c1=O. The molecule has 1 atom stereocenters. The van der Waals surface area contributed by atoms with Crippen molar-refractivity contribution >= 4 is 10.0 Å². The molecule has 2 heterocycles. The molecule has 1 aromatic heterocycles. The van der Waals surface area contributed by atoms with Crippen LogP contribution >= 0.6 is 0 Å².